The molecule has 0 fully saturated rings. The first-order valence-electron chi connectivity index (χ1n) is 7.36. The Labute approximate surface area is 129 Å². The van der Waals surface area contributed by atoms with Crippen LogP contribution in [0.15, 0.2) is 72.8 Å². The van der Waals surface area contributed by atoms with Crippen LogP contribution in [0.1, 0.15) is 17.2 Å². The van der Waals surface area contributed by atoms with Gasteiger partial charge in [0.15, 0.2) is 0 Å². The van der Waals surface area contributed by atoms with Gasteiger partial charge in [0, 0.05) is 16.7 Å². The first kappa shape index (κ1) is 13.0. The van der Waals surface area contributed by atoms with Gasteiger partial charge in [-0.3, -0.25) is 0 Å². The van der Waals surface area contributed by atoms with E-state index in [1.54, 1.807) is 7.11 Å². The Balaban J connectivity index is 1.89. The first-order chi connectivity index (χ1) is 10.9. The fourth-order valence-corrected chi connectivity index (χ4v) is 3.01. The third-order valence-electron chi connectivity index (χ3n) is 4.06. The molecule has 1 atom stereocenters. The Morgan fingerprint density at radius 2 is 1.59 bits per heavy atom. The van der Waals surface area contributed by atoms with Crippen molar-refractivity contribution >= 4 is 0 Å². The summed E-state index contributed by atoms with van der Waals surface area (Å²) in [7, 11) is 1.68. The average molecular weight is 288 g/mol. The molecule has 0 amide bonds. The van der Waals surface area contributed by atoms with Gasteiger partial charge in [0.25, 0.3) is 0 Å². The van der Waals surface area contributed by atoms with Crippen LogP contribution in [-0.2, 0) is 0 Å². The van der Waals surface area contributed by atoms with Gasteiger partial charge < -0.3 is 9.47 Å². The van der Waals surface area contributed by atoms with Crippen molar-refractivity contribution in [2.45, 2.75) is 6.10 Å². The molecule has 1 aliphatic heterocycles. The van der Waals surface area contributed by atoms with Gasteiger partial charge in [-0.2, -0.15) is 0 Å². The van der Waals surface area contributed by atoms with Gasteiger partial charge in [-0.1, -0.05) is 54.6 Å². The molecule has 2 heteroatoms. The van der Waals surface area contributed by atoms with Crippen LogP contribution in [0.3, 0.4) is 0 Å². The molecule has 0 saturated heterocycles. The Bertz CT molecular complexity index is 823. The highest BCUT2D eigenvalue weighted by molar-refractivity contribution is 5.76. The molecule has 0 bridgehead atoms. The van der Waals surface area contributed by atoms with Crippen LogP contribution < -0.4 is 9.47 Å². The molecule has 0 saturated carbocycles. The van der Waals surface area contributed by atoms with Crippen molar-refractivity contribution in [2.75, 3.05) is 7.11 Å². The van der Waals surface area contributed by atoms with Gasteiger partial charge in [0.2, 0.25) is 0 Å². The normalized spacial score (nSPS) is 15.4. The molecule has 0 aromatic heterocycles. The number of ether oxygens (including phenoxy) is 2. The minimum atomic E-state index is -0.110. The number of methoxy groups -OCH3 is 1. The zero-order chi connectivity index (χ0) is 14.9. The monoisotopic (exact) mass is 288 g/mol. The van der Waals surface area contributed by atoms with Crippen LogP contribution in [0.25, 0.3) is 11.1 Å². The lowest BCUT2D eigenvalue weighted by molar-refractivity contribution is 0.243. The molecule has 0 radical (unpaired) electrons. The van der Waals surface area contributed by atoms with Crippen molar-refractivity contribution in [1.29, 1.82) is 0 Å². The summed E-state index contributed by atoms with van der Waals surface area (Å²) in [5, 5.41) is 0. The highest BCUT2D eigenvalue weighted by atomic mass is 16.5. The molecule has 2 nitrogen and oxygen atoms in total. The summed E-state index contributed by atoms with van der Waals surface area (Å²) >= 11 is 0. The van der Waals surface area contributed by atoms with Gasteiger partial charge in [-0.25, -0.2) is 0 Å². The number of hydrogen-bond donors (Lipinski definition) is 0. The van der Waals surface area contributed by atoms with Crippen molar-refractivity contribution < 1.29 is 9.47 Å². The molecule has 0 aliphatic carbocycles. The van der Waals surface area contributed by atoms with E-state index in [2.05, 4.69) is 36.4 Å². The van der Waals surface area contributed by atoms with Gasteiger partial charge >= 0.3 is 0 Å². The van der Waals surface area contributed by atoms with Crippen LogP contribution in [0.2, 0.25) is 0 Å². The molecule has 3 aromatic rings. The summed E-state index contributed by atoms with van der Waals surface area (Å²) in [6.07, 6.45) is -0.110. The summed E-state index contributed by atoms with van der Waals surface area (Å²) in [6.45, 7) is 0. The molecule has 4 rings (SSSR count). The summed E-state index contributed by atoms with van der Waals surface area (Å²) < 4.78 is 11.6. The van der Waals surface area contributed by atoms with E-state index in [1.165, 1.54) is 11.1 Å². The molecule has 1 aliphatic rings. The lowest BCUT2D eigenvalue weighted by atomic mass is 9.90. The van der Waals surface area contributed by atoms with Crippen LogP contribution >= 0.6 is 0 Å². The van der Waals surface area contributed by atoms with Gasteiger partial charge in [0.1, 0.15) is 17.6 Å². The van der Waals surface area contributed by atoms with Crippen molar-refractivity contribution in [1.82, 2.24) is 0 Å². The highest BCUT2D eigenvalue weighted by Gasteiger charge is 2.26. The van der Waals surface area contributed by atoms with E-state index in [1.807, 2.05) is 36.4 Å². The maximum Gasteiger partial charge on any atom is 0.150 e. The van der Waals surface area contributed by atoms with Crippen molar-refractivity contribution in [3.05, 3.63) is 83.9 Å². The maximum atomic E-state index is 6.29. The second kappa shape index (κ2) is 5.23. The van der Waals surface area contributed by atoms with E-state index in [0.717, 1.165) is 22.6 Å². The van der Waals surface area contributed by atoms with Crippen LogP contribution in [0, 0.1) is 0 Å². The number of hydrogen-bond acceptors (Lipinski definition) is 2. The van der Waals surface area contributed by atoms with Crippen molar-refractivity contribution in [2.24, 2.45) is 0 Å². The van der Waals surface area contributed by atoms with E-state index < -0.39 is 0 Å². The van der Waals surface area contributed by atoms with Crippen LogP contribution in [-0.4, -0.2) is 7.11 Å². The van der Waals surface area contributed by atoms with E-state index in [0.29, 0.717) is 0 Å². The van der Waals surface area contributed by atoms with Crippen LogP contribution in [0.4, 0.5) is 0 Å². The molecular formula is C20H16O2. The van der Waals surface area contributed by atoms with Crippen LogP contribution in [0.5, 0.6) is 11.5 Å². The van der Waals surface area contributed by atoms with E-state index >= 15 is 0 Å². The largest absolute Gasteiger partial charge is 0.497 e. The molecule has 0 spiro atoms. The lowest BCUT2D eigenvalue weighted by Crippen LogP contribution is -2.15. The van der Waals surface area contributed by atoms with Gasteiger partial charge in [-0.15, -0.1) is 0 Å². The third kappa shape index (κ3) is 2.04. The zero-order valence-electron chi connectivity index (χ0n) is 12.3. The van der Waals surface area contributed by atoms with E-state index in [9.17, 15) is 0 Å². The van der Waals surface area contributed by atoms with E-state index in [-0.39, 0.29) is 6.10 Å². The topological polar surface area (TPSA) is 18.5 Å². The summed E-state index contributed by atoms with van der Waals surface area (Å²) in [5.41, 5.74) is 4.67. The molecule has 3 aromatic carbocycles. The average Bonchev–Trinajstić information content (AvgIpc) is 2.61. The summed E-state index contributed by atoms with van der Waals surface area (Å²) in [6, 6.07) is 24.7. The van der Waals surface area contributed by atoms with Gasteiger partial charge in [0.05, 0.1) is 7.11 Å². The second-order valence-corrected chi connectivity index (χ2v) is 5.36. The van der Waals surface area contributed by atoms with Gasteiger partial charge in [-0.05, 0) is 23.8 Å². The standard InChI is InChI=1S/C20H16O2/c1-21-15-8-6-7-14(13-15)20-18-11-3-2-9-16(18)17-10-4-5-12-19(17)22-20/h2-13,20H,1H3/t20-/m1/s1. The molecule has 1 heterocycles. The SMILES string of the molecule is COc1cccc([C@H]2Oc3ccccc3-c3ccccc32)c1. The smallest absolute Gasteiger partial charge is 0.150 e. The summed E-state index contributed by atoms with van der Waals surface area (Å²) in [4.78, 5) is 0. The lowest BCUT2D eigenvalue weighted by Gasteiger charge is -2.29. The Morgan fingerprint density at radius 1 is 0.818 bits per heavy atom. The van der Waals surface area contributed by atoms with Crippen molar-refractivity contribution in [3.63, 3.8) is 0 Å². The fraction of sp³-hybridized carbons (Fsp3) is 0.100. The number of para-hydroxylation sites is 1. The quantitative estimate of drug-likeness (QED) is 0.671. The van der Waals surface area contributed by atoms with Crippen molar-refractivity contribution in [3.8, 4) is 22.6 Å². The summed E-state index contributed by atoms with van der Waals surface area (Å²) in [5.74, 6) is 1.77. The predicted octanol–water partition coefficient (Wildman–Crippen LogP) is 4.84. The zero-order valence-corrected chi connectivity index (χ0v) is 12.3. The minimum absolute atomic E-state index is 0.110. The molecular weight excluding hydrogens is 272 g/mol. The molecule has 108 valence electrons. The number of fused-ring (bicyclic) bond motifs is 3. The molecule has 22 heavy (non-hydrogen) atoms. The Kier molecular flexibility index (Phi) is 3.08. The molecule has 0 unspecified atom stereocenters. The maximum absolute atomic E-state index is 6.29. The second-order valence-electron chi connectivity index (χ2n) is 5.36. The fourth-order valence-electron chi connectivity index (χ4n) is 3.01. The molecule has 0 N–H and O–H groups in total. The number of benzene rings is 3. The van der Waals surface area contributed by atoms with E-state index in [4.69, 9.17) is 9.47 Å². The number of rotatable bonds is 2. The minimum Gasteiger partial charge on any atom is -0.497 e. The predicted molar refractivity (Wildman–Crippen MR) is 87.3 cm³/mol. The third-order valence-corrected chi connectivity index (χ3v) is 4.06. The highest BCUT2D eigenvalue weighted by Crippen LogP contribution is 2.44. The first-order valence-corrected chi connectivity index (χ1v) is 7.36. The Hall–Kier alpha value is -2.74. The Morgan fingerprint density at radius 3 is 2.45 bits per heavy atom.